The fourth-order valence-electron chi connectivity index (χ4n) is 1.57. The van der Waals surface area contributed by atoms with Crippen molar-refractivity contribution in [2.24, 2.45) is 5.73 Å². The molecule has 2 aromatic rings. The second-order valence-corrected chi connectivity index (χ2v) is 4.01. The lowest BCUT2D eigenvalue weighted by Gasteiger charge is -2.06. The Labute approximate surface area is 104 Å². The van der Waals surface area contributed by atoms with Crippen LogP contribution >= 0.6 is 0 Å². The normalized spacial score (nSPS) is 12.1. The van der Waals surface area contributed by atoms with Crippen LogP contribution in [-0.2, 0) is 0 Å². The van der Waals surface area contributed by atoms with E-state index in [1.54, 1.807) is 0 Å². The molecule has 1 unspecified atom stereocenters. The van der Waals surface area contributed by atoms with E-state index in [4.69, 9.17) is 10.8 Å². The minimum Gasteiger partial charge on any atom is -0.475 e. The third-order valence-electron chi connectivity index (χ3n) is 2.61. The van der Waals surface area contributed by atoms with Crippen molar-refractivity contribution in [2.45, 2.75) is 13.0 Å². The molecule has 0 bridgehead atoms. The minimum absolute atomic E-state index is 0.00955. The number of nitrogens with zero attached hydrogens (tertiary/aromatic N) is 2. The minimum atomic E-state index is -1.13. The third-order valence-corrected chi connectivity index (χ3v) is 2.61. The molecule has 0 amide bonds. The molecule has 0 aliphatic heterocycles. The summed E-state index contributed by atoms with van der Waals surface area (Å²) < 4.78 is 0. The molecule has 92 valence electrons. The Hall–Kier alpha value is -2.27. The lowest BCUT2D eigenvalue weighted by atomic mass is 10.0. The lowest BCUT2D eigenvalue weighted by Crippen LogP contribution is -2.04. The highest BCUT2D eigenvalue weighted by Gasteiger charge is 2.07. The van der Waals surface area contributed by atoms with Gasteiger partial charge in [-0.05, 0) is 18.1 Å². The first-order valence-corrected chi connectivity index (χ1v) is 5.49. The summed E-state index contributed by atoms with van der Waals surface area (Å²) in [6.07, 6.45) is 2.99. The molecular formula is C13H13N3O2. The van der Waals surface area contributed by atoms with Gasteiger partial charge < -0.3 is 10.8 Å². The fraction of sp³-hybridized carbons (Fsp3) is 0.154. The zero-order valence-corrected chi connectivity index (χ0v) is 9.87. The van der Waals surface area contributed by atoms with Crippen LogP contribution in [0.4, 0.5) is 0 Å². The molecule has 0 aliphatic rings. The summed E-state index contributed by atoms with van der Waals surface area (Å²) in [4.78, 5) is 18.2. The summed E-state index contributed by atoms with van der Waals surface area (Å²) >= 11 is 0. The molecule has 0 saturated heterocycles. The van der Waals surface area contributed by atoms with Gasteiger partial charge in [-0.2, -0.15) is 0 Å². The third kappa shape index (κ3) is 2.52. The van der Waals surface area contributed by atoms with Gasteiger partial charge in [0, 0.05) is 24.0 Å². The molecule has 5 nitrogen and oxygen atoms in total. The number of benzene rings is 1. The topological polar surface area (TPSA) is 89.1 Å². The number of carbonyl (C=O) groups is 1. The van der Waals surface area contributed by atoms with Gasteiger partial charge in [-0.25, -0.2) is 14.8 Å². The highest BCUT2D eigenvalue weighted by molar-refractivity contribution is 5.83. The van der Waals surface area contributed by atoms with Crippen LogP contribution in [0.15, 0.2) is 36.7 Å². The van der Waals surface area contributed by atoms with Gasteiger partial charge in [-0.3, -0.25) is 0 Å². The van der Waals surface area contributed by atoms with E-state index in [0.29, 0.717) is 0 Å². The van der Waals surface area contributed by atoms with E-state index >= 15 is 0 Å². The number of carboxylic acids is 1. The average molecular weight is 243 g/mol. The lowest BCUT2D eigenvalue weighted by molar-refractivity contribution is 0.0683. The molecule has 0 fully saturated rings. The van der Waals surface area contributed by atoms with E-state index in [9.17, 15) is 4.79 Å². The molecule has 0 spiro atoms. The molecule has 5 heteroatoms. The van der Waals surface area contributed by atoms with Crippen LogP contribution in [0.5, 0.6) is 0 Å². The molecular weight excluding hydrogens is 230 g/mol. The van der Waals surface area contributed by atoms with Crippen LogP contribution in [0.3, 0.4) is 0 Å². The predicted molar refractivity (Wildman–Crippen MR) is 67.0 cm³/mol. The van der Waals surface area contributed by atoms with Crippen LogP contribution in [0.25, 0.3) is 11.1 Å². The maximum Gasteiger partial charge on any atom is 0.373 e. The molecule has 3 N–H and O–H groups in total. The maximum atomic E-state index is 10.6. The fourth-order valence-corrected chi connectivity index (χ4v) is 1.57. The first-order valence-electron chi connectivity index (χ1n) is 5.49. The molecule has 1 atom stereocenters. The van der Waals surface area contributed by atoms with Gasteiger partial charge in [-0.15, -0.1) is 0 Å². The molecule has 1 aromatic heterocycles. The Morgan fingerprint density at radius 1 is 1.17 bits per heavy atom. The number of aromatic nitrogens is 2. The molecule has 2 rings (SSSR count). The summed E-state index contributed by atoms with van der Waals surface area (Å²) in [6.45, 7) is 1.92. The smallest absolute Gasteiger partial charge is 0.373 e. The standard InChI is InChI=1S/C13H13N3O2/c1-8(14)9-2-4-10(5-3-9)11-6-15-12(13(17)18)16-7-11/h2-8H,14H2,1H3,(H,17,18). The number of carboxylic acid groups (broad SMARTS) is 1. The van der Waals surface area contributed by atoms with Gasteiger partial charge >= 0.3 is 5.97 Å². The van der Waals surface area contributed by atoms with E-state index in [2.05, 4.69) is 9.97 Å². The van der Waals surface area contributed by atoms with Gasteiger partial charge in [0.25, 0.3) is 0 Å². The SMILES string of the molecule is CC(N)c1ccc(-c2cnc(C(=O)O)nc2)cc1. The second kappa shape index (κ2) is 4.93. The Morgan fingerprint density at radius 2 is 1.72 bits per heavy atom. The summed E-state index contributed by atoms with van der Waals surface area (Å²) in [5, 5.41) is 8.70. The number of aromatic carboxylic acids is 1. The van der Waals surface area contributed by atoms with E-state index < -0.39 is 5.97 Å². The molecule has 0 radical (unpaired) electrons. The summed E-state index contributed by atoms with van der Waals surface area (Å²) in [6, 6.07) is 7.69. The van der Waals surface area contributed by atoms with Gasteiger partial charge in [0.15, 0.2) is 0 Å². The first kappa shape index (κ1) is 12.2. The Balaban J connectivity index is 2.28. The van der Waals surface area contributed by atoms with Crippen LogP contribution in [-0.4, -0.2) is 21.0 Å². The van der Waals surface area contributed by atoms with Gasteiger partial charge in [-0.1, -0.05) is 24.3 Å². The Morgan fingerprint density at radius 3 is 2.17 bits per heavy atom. The van der Waals surface area contributed by atoms with E-state index in [1.165, 1.54) is 12.4 Å². The van der Waals surface area contributed by atoms with Crippen molar-refractivity contribution >= 4 is 5.97 Å². The van der Waals surface area contributed by atoms with Crippen molar-refractivity contribution in [1.82, 2.24) is 9.97 Å². The zero-order chi connectivity index (χ0) is 13.1. The maximum absolute atomic E-state index is 10.6. The average Bonchev–Trinajstić information content (AvgIpc) is 2.39. The summed E-state index contributed by atoms with van der Waals surface area (Å²) in [5.74, 6) is -1.33. The predicted octanol–water partition coefficient (Wildman–Crippen LogP) is 1.86. The van der Waals surface area contributed by atoms with Crippen molar-refractivity contribution in [3.05, 3.63) is 48.0 Å². The second-order valence-electron chi connectivity index (χ2n) is 4.01. The molecule has 1 heterocycles. The van der Waals surface area contributed by atoms with E-state index in [0.717, 1.165) is 16.7 Å². The number of hydrogen-bond donors (Lipinski definition) is 2. The molecule has 18 heavy (non-hydrogen) atoms. The monoisotopic (exact) mass is 243 g/mol. The number of nitrogens with two attached hydrogens (primary N) is 1. The molecule has 0 saturated carbocycles. The van der Waals surface area contributed by atoms with Crippen molar-refractivity contribution in [3.8, 4) is 11.1 Å². The number of hydrogen-bond acceptors (Lipinski definition) is 4. The van der Waals surface area contributed by atoms with Crippen LogP contribution < -0.4 is 5.73 Å². The van der Waals surface area contributed by atoms with Crippen LogP contribution in [0.1, 0.15) is 29.1 Å². The summed E-state index contributed by atoms with van der Waals surface area (Å²) in [5.41, 5.74) is 8.51. The Bertz CT molecular complexity index is 547. The van der Waals surface area contributed by atoms with Crippen molar-refractivity contribution in [2.75, 3.05) is 0 Å². The highest BCUT2D eigenvalue weighted by atomic mass is 16.4. The first-order chi connectivity index (χ1) is 8.58. The molecule has 1 aromatic carbocycles. The quantitative estimate of drug-likeness (QED) is 0.858. The van der Waals surface area contributed by atoms with E-state index in [-0.39, 0.29) is 11.9 Å². The van der Waals surface area contributed by atoms with E-state index in [1.807, 2.05) is 31.2 Å². The molecule has 0 aliphatic carbocycles. The van der Waals surface area contributed by atoms with Crippen LogP contribution in [0.2, 0.25) is 0 Å². The summed E-state index contributed by atoms with van der Waals surface area (Å²) in [7, 11) is 0. The van der Waals surface area contributed by atoms with Crippen molar-refractivity contribution in [3.63, 3.8) is 0 Å². The van der Waals surface area contributed by atoms with Gasteiger partial charge in [0.05, 0.1) is 0 Å². The number of rotatable bonds is 3. The van der Waals surface area contributed by atoms with Crippen molar-refractivity contribution < 1.29 is 9.90 Å². The zero-order valence-electron chi connectivity index (χ0n) is 9.87. The highest BCUT2D eigenvalue weighted by Crippen LogP contribution is 2.20. The largest absolute Gasteiger partial charge is 0.475 e. The van der Waals surface area contributed by atoms with Crippen LogP contribution in [0, 0.1) is 0 Å². The van der Waals surface area contributed by atoms with Crippen molar-refractivity contribution in [1.29, 1.82) is 0 Å². The Kier molecular flexibility index (Phi) is 3.34. The van der Waals surface area contributed by atoms with Gasteiger partial charge in [0.1, 0.15) is 0 Å². The van der Waals surface area contributed by atoms with Gasteiger partial charge in [0.2, 0.25) is 5.82 Å².